The SMILES string of the molecule is C[C@@H]1CN([C@H](C)CO)C(=O)Cc2cc(NS(=O)(=O)c3ccc(F)cc3)ccc2O[C@@H]1CN(C)C(=O)NC1CCCCC1. The van der Waals surface area contributed by atoms with E-state index in [-0.39, 0.29) is 54.1 Å². The first kappa shape index (κ1) is 31.6. The largest absolute Gasteiger partial charge is 0.488 e. The first-order valence-corrected chi connectivity index (χ1v) is 15.9. The van der Waals surface area contributed by atoms with Gasteiger partial charge in [0.2, 0.25) is 5.91 Å². The highest BCUT2D eigenvalue weighted by Crippen LogP contribution is 2.30. The molecule has 0 saturated heterocycles. The van der Waals surface area contributed by atoms with Crippen molar-refractivity contribution in [2.24, 2.45) is 5.92 Å². The van der Waals surface area contributed by atoms with Crippen molar-refractivity contribution in [3.05, 3.63) is 53.8 Å². The molecule has 1 heterocycles. The number of aliphatic hydroxyl groups excluding tert-OH is 1. The molecule has 2 aliphatic rings. The maximum atomic E-state index is 13.4. The molecule has 2 aromatic rings. The Morgan fingerprint density at radius 2 is 1.86 bits per heavy atom. The van der Waals surface area contributed by atoms with E-state index >= 15 is 0 Å². The molecule has 0 bridgehead atoms. The first-order valence-electron chi connectivity index (χ1n) is 14.5. The minimum absolute atomic E-state index is 0.0801. The van der Waals surface area contributed by atoms with Gasteiger partial charge >= 0.3 is 6.03 Å². The molecule has 0 unspecified atom stereocenters. The zero-order valence-corrected chi connectivity index (χ0v) is 25.2. The highest BCUT2D eigenvalue weighted by atomic mass is 32.2. The lowest BCUT2D eigenvalue weighted by atomic mass is 9.96. The van der Waals surface area contributed by atoms with Gasteiger partial charge in [-0.3, -0.25) is 9.52 Å². The lowest BCUT2D eigenvalue weighted by Gasteiger charge is -2.34. The number of rotatable bonds is 8. The third kappa shape index (κ3) is 7.91. The average molecular weight is 605 g/mol. The van der Waals surface area contributed by atoms with E-state index in [1.54, 1.807) is 35.9 Å². The van der Waals surface area contributed by atoms with Gasteiger partial charge in [-0.05, 0) is 62.2 Å². The van der Waals surface area contributed by atoms with E-state index in [4.69, 9.17) is 4.74 Å². The third-order valence-corrected chi connectivity index (χ3v) is 9.42. The van der Waals surface area contributed by atoms with Crippen molar-refractivity contribution in [2.75, 3.05) is 31.5 Å². The van der Waals surface area contributed by atoms with E-state index in [1.165, 1.54) is 24.6 Å². The molecule has 0 aromatic heterocycles. The van der Waals surface area contributed by atoms with Gasteiger partial charge in [0.05, 0.1) is 30.5 Å². The van der Waals surface area contributed by atoms with Crippen LogP contribution in [0.1, 0.15) is 51.5 Å². The van der Waals surface area contributed by atoms with E-state index in [9.17, 15) is 27.5 Å². The summed E-state index contributed by atoms with van der Waals surface area (Å²) >= 11 is 0. The number of halogens is 1. The van der Waals surface area contributed by atoms with Gasteiger partial charge in [-0.25, -0.2) is 17.6 Å². The first-order chi connectivity index (χ1) is 20.0. The van der Waals surface area contributed by atoms with Crippen LogP contribution in [0.5, 0.6) is 5.75 Å². The number of carbonyl (C=O) groups is 2. The molecule has 10 nitrogen and oxygen atoms in total. The molecule has 1 aliphatic carbocycles. The van der Waals surface area contributed by atoms with Crippen LogP contribution in [0.15, 0.2) is 47.4 Å². The molecule has 1 saturated carbocycles. The van der Waals surface area contributed by atoms with Gasteiger partial charge in [0.1, 0.15) is 17.7 Å². The summed E-state index contributed by atoms with van der Waals surface area (Å²) in [6.07, 6.45) is 4.74. The second kappa shape index (κ2) is 13.7. The van der Waals surface area contributed by atoms with Crippen LogP contribution < -0.4 is 14.8 Å². The zero-order valence-electron chi connectivity index (χ0n) is 24.4. The quantitative estimate of drug-likeness (QED) is 0.421. The number of nitrogens with zero attached hydrogens (tertiary/aromatic N) is 2. The number of likely N-dealkylation sites (N-methyl/N-ethyl adjacent to an activating group) is 1. The number of benzene rings is 2. The smallest absolute Gasteiger partial charge is 0.317 e. The van der Waals surface area contributed by atoms with Gasteiger partial charge in [0.25, 0.3) is 10.0 Å². The zero-order chi connectivity index (χ0) is 30.4. The summed E-state index contributed by atoms with van der Waals surface area (Å²) in [6, 6.07) is 8.69. The number of urea groups is 1. The van der Waals surface area contributed by atoms with Crippen LogP contribution in [0.25, 0.3) is 0 Å². The Balaban J connectivity index is 1.59. The van der Waals surface area contributed by atoms with Crippen molar-refractivity contribution in [3.63, 3.8) is 0 Å². The predicted octanol–water partition coefficient (Wildman–Crippen LogP) is 3.75. The summed E-state index contributed by atoms with van der Waals surface area (Å²) in [5, 5.41) is 13.0. The molecule has 0 spiro atoms. The summed E-state index contributed by atoms with van der Waals surface area (Å²) in [7, 11) is -2.30. The lowest BCUT2D eigenvalue weighted by molar-refractivity contribution is -0.134. The van der Waals surface area contributed by atoms with Crippen molar-refractivity contribution in [3.8, 4) is 5.75 Å². The van der Waals surface area contributed by atoms with Gasteiger partial charge in [-0.1, -0.05) is 26.2 Å². The van der Waals surface area contributed by atoms with Crippen molar-refractivity contribution in [2.45, 2.75) is 75.5 Å². The van der Waals surface area contributed by atoms with E-state index in [1.807, 2.05) is 6.92 Å². The van der Waals surface area contributed by atoms with Crippen LogP contribution in [0.3, 0.4) is 0 Å². The Morgan fingerprint density at radius 1 is 1.17 bits per heavy atom. The molecular formula is C30H41FN4O6S. The fourth-order valence-electron chi connectivity index (χ4n) is 5.42. The summed E-state index contributed by atoms with van der Waals surface area (Å²) in [4.78, 5) is 29.6. The molecule has 1 fully saturated rings. The van der Waals surface area contributed by atoms with Gasteiger partial charge in [0, 0.05) is 36.8 Å². The topological polar surface area (TPSA) is 128 Å². The minimum atomic E-state index is -4.02. The Labute approximate surface area is 247 Å². The number of ether oxygens (including phenoxy) is 1. The Hall–Kier alpha value is -3.38. The highest BCUT2D eigenvalue weighted by Gasteiger charge is 2.32. The van der Waals surface area contributed by atoms with Gasteiger partial charge in [0.15, 0.2) is 0 Å². The molecule has 0 radical (unpaired) electrons. The number of hydrogen-bond donors (Lipinski definition) is 3. The maximum absolute atomic E-state index is 13.4. The van der Waals surface area contributed by atoms with Crippen molar-refractivity contribution in [1.82, 2.24) is 15.1 Å². The Kier molecular flexibility index (Phi) is 10.3. The molecule has 1 aliphatic heterocycles. The number of hydrogen-bond acceptors (Lipinski definition) is 6. The summed E-state index contributed by atoms with van der Waals surface area (Å²) in [5.41, 5.74) is 0.673. The number of sulfonamides is 1. The normalized spacial score (nSPS) is 20.8. The molecule has 2 aromatic carbocycles. The van der Waals surface area contributed by atoms with E-state index in [2.05, 4.69) is 10.0 Å². The fourth-order valence-corrected chi connectivity index (χ4v) is 6.47. The van der Waals surface area contributed by atoms with Crippen LogP contribution in [-0.4, -0.2) is 80.2 Å². The van der Waals surface area contributed by atoms with Crippen molar-refractivity contribution >= 4 is 27.6 Å². The monoisotopic (exact) mass is 604 g/mol. The number of amides is 3. The number of carbonyl (C=O) groups excluding carboxylic acids is 2. The fraction of sp³-hybridized carbons (Fsp3) is 0.533. The van der Waals surface area contributed by atoms with Crippen molar-refractivity contribution in [1.29, 1.82) is 0 Å². The van der Waals surface area contributed by atoms with Gasteiger partial charge < -0.3 is 25.0 Å². The average Bonchev–Trinajstić information content (AvgIpc) is 3.00. The van der Waals surface area contributed by atoms with Crippen LogP contribution in [0.2, 0.25) is 0 Å². The molecular weight excluding hydrogens is 563 g/mol. The summed E-state index contributed by atoms with van der Waals surface area (Å²) in [5.74, 6) is -0.583. The van der Waals surface area contributed by atoms with Crippen LogP contribution in [0.4, 0.5) is 14.9 Å². The van der Waals surface area contributed by atoms with Crippen LogP contribution >= 0.6 is 0 Å². The van der Waals surface area contributed by atoms with Crippen molar-refractivity contribution < 1.29 is 32.2 Å². The molecule has 12 heteroatoms. The van der Waals surface area contributed by atoms with E-state index in [0.29, 0.717) is 17.9 Å². The number of fused-ring (bicyclic) bond motifs is 1. The Morgan fingerprint density at radius 3 is 2.52 bits per heavy atom. The second-order valence-electron chi connectivity index (χ2n) is 11.4. The molecule has 3 amide bonds. The standard InChI is InChI=1S/C30H41FN4O6S/c1-20-17-35(21(2)19-36)29(37)16-22-15-25(33-42(39,40)26-12-9-23(31)10-13-26)11-14-27(22)41-28(20)18-34(3)30(38)32-24-7-5-4-6-8-24/h9-15,20-21,24,28,33,36H,4-8,16-19H2,1-3H3,(H,32,38)/t20-,21-,28-/m1/s1. The molecule has 3 N–H and O–H groups in total. The van der Waals surface area contributed by atoms with Gasteiger partial charge in [-0.15, -0.1) is 0 Å². The molecule has 4 rings (SSSR count). The van der Waals surface area contributed by atoms with Crippen LogP contribution in [0, 0.1) is 11.7 Å². The molecule has 3 atom stereocenters. The second-order valence-corrected chi connectivity index (χ2v) is 13.1. The van der Waals surface area contributed by atoms with Gasteiger partial charge in [-0.2, -0.15) is 0 Å². The molecule has 42 heavy (non-hydrogen) atoms. The number of aliphatic hydroxyl groups is 1. The predicted molar refractivity (Wildman–Crippen MR) is 157 cm³/mol. The third-order valence-electron chi connectivity index (χ3n) is 8.03. The lowest BCUT2D eigenvalue weighted by Crippen LogP contribution is -2.50. The number of nitrogens with one attached hydrogen (secondary N) is 2. The minimum Gasteiger partial charge on any atom is -0.488 e. The van der Waals surface area contributed by atoms with E-state index in [0.717, 1.165) is 37.8 Å². The summed E-state index contributed by atoms with van der Waals surface area (Å²) < 4.78 is 48.1. The Bertz CT molecular complexity index is 1350. The van der Waals surface area contributed by atoms with E-state index < -0.39 is 28.0 Å². The summed E-state index contributed by atoms with van der Waals surface area (Å²) in [6.45, 7) is 4.04. The maximum Gasteiger partial charge on any atom is 0.317 e. The number of anilines is 1. The van der Waals surface area contributed by atoms with Crippen LogP contribution in [-0.2, 0) is 21.2 Å². The molecule has 230 valence electrons. The highest BCUT2D eigenvalue weighted by molar-refractivity contribution is 7.92.